The Morgan fingerprint density at radius 2 is 1.60 bits per heavy atom. The minimum absolute atomic E-state index is 0.0720. The van der Waals surface area contributed by atoms with E-state index in [0.717, 1.165) is 5.56 Å². The third-order valence-corrected chi connectivity index (χ3v) is 5.38. The number of halogens is 3. The standard InChI is InChI=1S/C17H16Br3NO4/c18-11-5-9(1-2-14(11)22)3-4-21-17(25)15(23)8-10-6-12(19)16(24)13(20)7-10/h1-2,5-7,15,22-24H,3-4,8H2,(H,21,25)/t15-/m0/s1. The van der Waals surface area contributed by atoms with Crippen LogP contribution in [-0.4, -0.2) is 33.9 Å². The van der Waals surface area contributed by atoms with Gasteiger partial charge in [-0.3, -0.25) is 4.79 Å². The maximum absolute atomic E-state index is 12.0. The molecule has 0 bridgehead atoms. The van der Waals surface area contributed by atoms with E-state index in [1.807, 2.05) is 0 Å². The van der Waals surface area contributed by atoms with Crippen LogP contribution in [0, 0.1) is 0 Å². The van der Waals surface area contributed by atoms with E-state index in [1.54, 1.807) is 30.3 Å². The van der Waals surface area contributed by atoms with Crippen LogP contribution >= 0.6 is 47.8 Å². The van der Waals surface area contributed by atoms with E-state index >= 15 is 0 Å². The van der Waals surface area contributed by atoms with Crippen molar-refractivity contribution in [1.29, 1.82) is 0 Å². The molecule has 1 amide bonds. The number of carbonyl (C=O) groups excluding carboxylic acids is 1. The zero-order chi connectivity index (χ0) is 18.6. The van der Waals surface area contributed by atoms with Gasteiger partial charge in [-0.2, -0.15) is 0 Å². The highest BCUT2D eigenvalue weighted by molar-refractivity contribution is 9.11. The highest BCUT2D eigenvalue weighted by atomic mass is 79.9. The monoisotopic (exact) mass is 535 g/mol. The highest BCUT2D eigenvalue weighted by Gasteiger charge is 2.17. The summed E-state index contributed by atoms with van der Waals surface area (Å²) in [6.07, 6.45) is -0.475. The van der Waals surface area contributed by atoms with E-state index in [-0.39, 0.29) is 17.9 Å². The van der Waals surface area contributed by atoms with E-state index in [0.29, 0.717) is 31.9 Å². The smallest absolute Gasteiger partial charge is 0.249 e. The topological polar surface area (TPSA) is 89.8 Å². The molecule has 1 atom stereocenters. The number of hydrogen-bond acceptors (Lipinski definition) is 4. The molecule has 0 fully saturated rings. The number of carbonyl (C=O) groups is 1. The molecule has 0 aliphatic carbocycles. The predicted molar refractivity (Wildman–Crippen MR) is 106 cm³/mol. The summed E-state index contributed by atoms with van der Waals surface area (Å²) in [6.45, 7) is 0.371. The van der Waals surface area contributed by atoms with Crippen LogP contribution in [0.15, 0.2) is 43.7 Å². The Balaban J connectivity index is 1.87. The number of phenols is 2. The van der Waals surface area contributed by atoms with Gasteiger partial charge < -0.3 is 20.6 Å². The molecule has 2 rings (SSSR count). The van der Waals surface area contributed by atoms with E-state index in [9.17, 15) is 20.1 Å². The summed E-state index contributed by atoms with van der Waals surface area (Å²) in [7, 11) is 0. The van der Waals surface area contributed by atoms with Crippen molar-refractivity contribution in [3.63, 3.8) is 0 Å². The molecule has 0 aliphatic rings. The second-order valence-corrected chi connectivity index (χ2v) is 8.02. The number of benzene rings is 2. The van der Waals surface area contributed by atoms with Crippen LogP contribution in [0.25, 0.3) is 0 Å². The summed E-state index contributed by atoms with van der Waals surface area (Å²) in [5.41, 5.74) is 1.66. The summed E-state index contributed by atoms with van der Waals surface area (Å²) < 4.78 is 1.57. The van der Waals surface area contributed by atoms with Crippen molar-refractivity contribution in [3.8, 4) is 11.5 Å². The minimum Gasteiger partial charge on any atom is -0.507 e. The molecule has 0 aromatic heterocycles. The van der Waals surface area contributed by atoms with Gasteiger partial charge in [0.1, 0.15) is 17.6 Å². The lowest BCUT2D eigenvalue weighted by Gasteiger charge is -2.13. The molecular weight excluding hydrogens is 522 g/mol. The Kier molecular flexibility index (Phi) is 7.30. The van der Waals surface area contributed by atoms with Crippen molar-refractivity contribution < 1.29 is 20.1 Å². The van der Waals surface area contributed by atoms with Crippen molar-refractivity contribution in [3.05, 3.63) is 54.9 Å². The largest absolute Gasteiger partial charge is 0.507 e. The van der Waals surface area contributed by atoms with Gasteiger partial charge in [0.2, 0.25) is 5.91 Å². The predicted octanol–water partition coefficient (Wildman–Crippen LogP) is 3.65. The van der Waals surface area contributed by atoms with Crippen molar-refractivity contribution >= 4 is 53.7 Å². The minimum atomic E-state index is -1.19. The van der Waals surface area contributed by atoms with E-state index in [1.165, 1.54) is 0 Å². The Bertz CT molecular complexity index is 759. The number of nitrogens with one attached hydrogen (secondary N) is 1. The molecule has 134 valence electrons. The van der Waals surface area contributed by atoms with Gasteiger partial charge in [-0.25, -0.2) is 0 Å². The van der Waals surface area contributed by atoms with Gasteiger partial charge in [-0.1, -0.05) is 6.07 Å². The molecule has 0 radical (unpaired) electrons. The molecule has 8 heteroatoms. The summed E-state index contributed by atoms with van der Waals surface area (Å²) in [4.78, 5) is 12.0. The fourth-order valence-corrected chi connectivity index (χ4v) is 3.91. The summed E-state index contributed by atoms with van der Waals surface area (Å²) in [6, 6.07) is 8.45. The van der Waals surface area contributed by atoms with Crippen LogP contribution in [0.5, 0.6) is 11.5 Å². The maximum Gasteiger partial charge on any atom is 0.249 e. The molecule has 5 nitrogen and oxygen atoms in total. The lowest BCUT2D eigenvalue weighted by atomic mass is 10.1. The fraction of sp³-hybridized carbons (Fsp3) is 0.235. The Morgan fingerprint density at radius 3 is 2.20 bits per heavy atom. The molecule has 0 heterocycles. The van der Waals surface area contributed by atoms with Gasteiger partial charge in [0.05, 0.1) is 13.4 Å². The Morgan fingerprint density at radius 1 is 1.00 bits per heavy atom. The van der Waals surface area contributed by atoms with Crippen LogP contribution in [-0.2, 0) is 17.6 Å². The van der Waals surface area contributed by atoms with Crippen LogP contribution in [0.3, 0.4) is 0 Å². The van der Waals surface area contributed by atoms with Crippen molar-refractivity contribution in [2.24, 2.45) is 0 Å². The molecule has 0 saturated carbocycles. The molecule has 2 aromatic carbocycles. The maximum atomic E-state index is 12.0. The Labute approximate surface area is 170 Å². The van der Waals surface area contributed by atoms with Crippen LogP contribution in [0.1, 0.15) is 11.1 Å². The molecule has 2 aromatic rings. The second kappa shape index (κ2) is 9.02. The summed E-state index contributed by atoms with van der Waals surface area (Å²) in [5, 5.41) is 31.9. The zero-order valence-corrected chi connectivity index (χ0v) is 17.7. The lowest BCUT2D eigenvalue weighted by Crippen LogP contribution is -2.37. The molecule has 0 aliphatic heterocycles. The summed E-state index contributed by atoms with van der Waals surface area (Å²) >= 11 is 9.68. The van der Waals surface area contributed by atoms with Gasteiger partial charge in [-0.15, -0.1) is 0 Å². The number of phenolic OH excluding ortho intramolecular Hbond substituents is 2. The fourth-order valence-electron chi connectivity index (χ4n) is 2.21. The summed E-state index contributed by atoms with van der Waals surface area (Å²) in [5.74, 6) is -0.227. The number of aliphatic hydroxyl groups excluding tert-OH is 1. The van der Waals surface area contributed by atoms with Crippen LogP contribution < -0.4 is 5.32 Å². The van der Waals surface area contributed by atoms with Crippen molar-refractivity contribution in [1.82, 2.24) is 5.32 Å². The average molecular weight is 538 g/mol. The second-order valence-electron chi connectivity index (χ2n) is 5.45. The normalized spacial score (nSPS) is 12.0. The third kappa shape index (κ3) is 5.70. The van der Waals surface area contributed by atoms with Gasteiger partial charge in [0.25, 0.3) is 0 Å². The molecule has 0 spiro atoms. The molecular formula is C17H16Br3NO4. The van der Waals surface area contributed by atoms with Crippen molar-refractivity contribution in [2.75, 3.05) is 6.54 Å². The van der Waals surface area contributed by atoms with Gasteiger partial charge in [0.15, 0.2) is 0 Å². The van der Waals surface area contributed by atoms with E-state index < -0.39 is 12.0 Å². The molecule has 0 unspecified atom stereocenters. The lowest BCUT2D eigenvalue weighted by molar-refractivity contribution is -0.129. The molecule has 0 saturated heterocycles. The third-order valence-electron chi connectivity index (χ3n) is 3.53. The molecule has 25 heavy (non-hydrogen) atoms. The number of rotatable bonds is 6. The molecule has 4 N–H and O–H groups in total. The number of aliphatic hydroxyl groups is 1. The first-order chi connectivity index (χ1) is 11.8. The average Bonchev–Trinajstić information content (AvgIpc) is 2.55. The van der Waals surface area contributed by atoms with E-state index in [4.69, 9.17) is 0 Å². The van der Waals surface area contributed by atoms with Gasteiger partial charge >= 0.3 is 0 Å². The van der Waals surface area contributed by atoms with E-state index in [2.05, 4.69) is 53.1 Å². The van der Waals surface area contributed by atoms with Crippen LogP contribution in [0.4, 0.5) is 0 Å². The number of hydrogen-bond donors (Lipinski definition) is 4. The first-order valence-corrected chi connectivity index (χ1v) is 9.76. The first kappa shape index (κ1) is 20.2. The van der Waals surface area contributed by atoms with Crippen molar-refractivity contribution in [2.45, 2.75) is 18.9 Å². The van der Waals surface area contributed by atoms with Gasteiger partial charge in [-0.05, 0) is 89.6 Å². The number of aromatic hydroxyl groups is 2. The number of amides is 1. The zero-order valence-electron chi connectivity index (χ0n) is 13.0. The van der Waals surface area contributed by atoms with Crippen LogP contribution in [0.2, 0.25) is 0 Å². The SMILES string of the molecule is O=C(NCCc1ccc(O)c(Br)c1)[C@@H](O)Cc1cc(Br)c(O)c(Br)c1. The first-order valence-electron chi connectivity index (χ1n) is 7.38. The Hall–Kier alpha value is -1.09. The quantitative estimate of drug-likeness (QED) is 0.453. The highest BCUT2D eigenvalue weighted by Crippen LogP contribution is 2.33. The van der Waals surface area contributed by atoms with Gasteiger partial charge in [0, 0.05) is 13.0 Å².